The van der Waals surface area contributed by atoms with Crippen molar-refractivity contribution in [1.82, 2.24) is 19.9 Å². The Labute approximate surface area is 151 Å². The number of H-pyrrole nitrogens is 1. The molecule has 26 heavy (non-hydrogen) atoms. The van der Waals surface area contributed by atoms with Crippen LogP contribution in [0.1, 0.15) is 29.8 Å². The Kier molecular flexibility index (Phi) is 4.79. The van der Waals surface area contributed by atoms with Crippen molar-refractivity contribution in [3.63, 3.8) is 0 Å². The van der Waals surface area contributed by atoms with Gasteiger partial charge in [0.05, 0.1) is 11.0 Å². The van der Waals surface area contributed by atoms with E-state index in [4.69, 9.17) is 0 Å². The third-order valence-corrected chi connectivity index (χ3v) is 4.56. The number of rotatable bonds is 5. The molecule has 0 atom stereocenters. The Morgan fingerprint density at radius 2 is 2.08 bits per heavy atom. The van der Waals surface area contributed by atoms with Gasteiger partial charge in [0.25, 0.3) is 5.91 Å². The van der Waals surface area contributed by atoms with Crippen LogP contribution in [0.5, 0.6) is 0 Å². The number of aromatic nitrogens is 3. The summed E-state index contributed by atoms with van der Waals surface area (Å²) in [4.78, 5) is 33.3. The van der Waals surface area contributed by atoms with Crippen molar-refractivity contribution in [2.45, 2.75) is 26.4 Å². The Hall–Kier alpha value is -3.09. The van der Waals surface area contributed by atoms with E-state index in [2.05, 4.69) is 34.0 Å². The summed E-state index contributed by atoms with van der Waals surface area (Å²) in [6.07, 6.45) is 1.77. The zero-order chi connectivity index (χ0) is 18.8. The Bertz CT molecular complexity index is 985. The van der Waals surface area contributed by atoms with E-state index in [0.29, 0.717) is 23.7 Å². The lowest BCUT2D eigenvalue weighted by molar-refractivity contribution is 0.0951. The highest BCUT2D eigenvalue weighted by molar-refractivity contribution is 5.97. The van der Waals surface area contributed by atoms with E-state index in [-0.39, 0.29) is 11.6 Å². The molecule has 1 aromatic carbocycles. The van der Waals surface area contributed by atoms with Gasteiger partial charge < -0.3 is 15.2 Å². The molecule has 7 nitrogen and oxygen atoms in total. The van der Waals surface area contributed by atoms with Crippen molar-refractivity contribution in [2.24, 2.45) is 7.05 Å². The average Bonchev–Trinajstić information content (AvgIpc) is 2.93. The molecule has 0 radical (unpaired) electrons. The molecule has 7 heteroatoms. The van der Waals surface area contributed by atoms with Gasteiger partial charge in [-0.2, -0.15) is 0 Å². The SMILES string of the molecule is CC(C)N(C)c1ccc(CNC(=O)c2ccc3c(c2)[nH]c(=O)n3C)cn1. The van der Waals surface area contributed by atoms with Crippen LogP contribution in [0.25, 0.3) is 11.0 Å². The van der Waals surface area contributed by atoms with Crippen LogP contribution in [0.2, 0.25) is 0 Å². The minimum atomic E-state index is -0.199. The number of nitrogens with zero attached hydrogens (tertiary/aromatic N) is 3. The van der Waals surface area contributed by atoms with Gasteiger partial charge in [0.15, 0.2) is 0 Å². The smallest absolute Gasteiger partial charge is 0.326 e. The van der Waals surface area contributed by atoms with Crippen molar-refractivity contribution >= 4 is 22.8 Å². The van der Waals surface area contributed by atoms with E-state index >= 15 is 0 Å². The van der Waals surface area contributed by atoms with Crippen LogP contribution in [0.4, 0.5) is 5.82 Å². The highest BCUT2D eigenvalue weighted by Crippen LogP contribution is 2.14. The van der Waals surface area contributed by atoms with E-state index in [1.807, 2.05) is 19.2 Å². The first-order valence-electron chi connectivity index (χ1n) is 8.51. The van der Waals surface area contributed by atoms with Crippen LogP contribution in [0.3, 0.4) is 0 Å². The predicted octanol–water partition coefficient (Wildman–Crippen LogP) is 2.04. The molecule has 2 aromatic heterocycles. The first-order chi connectivity index (χ1) is 12.4. The number of imidazole rings is 1. The fourth-order valence-electron chi connectivity index (χ4n) is 2.66. The van der Waals surface area contributed by atoms with Crippen LogP contribution in [0, 0.1) is 0 Å². The summed E-state index contributed by atoms with van der Waals surface area (Å²) in [5.41, 5.74) is 2.64. The normalized spacial score (nSPS) is 11.1. The van der Waals surface area contributed by atoms with Crippen molar-refractivity contribution in [2.75, 3.05) is 11.9 Å². The van der Waals surface area contributed by atoms with Crippen LogP contribution in [0.15, 0.2) is 41.3 Å². The first-order valence-corrected chi connectivity index (χ1v) is 8.51. The van der Waals surface area contributed by atoms with Gasteiger partial charge in [0.1, 0.15) is 5.82 Å². The summed E-state index contributed by atoms with van der Waals surface area (Å²) in [5, 5.41) is 2.88. The maximum absolute atomic E-state index is 12.4. The zero-order valence-corrected chi connectivity index (χ0v) is 15.4. The lowest BCUT2D eigenvalue weighted by atomic mass is 10.2. The van der Waals surface area contributed by atoms with Gasteiger partial charge in [0, 0.05) is 38.4 Å². The highest BCUT2D eigenvalue weighted by atomic mass is 16.2. The van der Waals surface area contributed by atoms with E-state index in [1.54, 1.807) is 31.4 Å². The molecule has 0 saturated heterocycles. The number of aryl methyl sites for hydroxylation is 1. The second-order valence-electron chi connectivity index (χ2n) is 6.63. The van der Waals surface area contributed by atoms with Crippen LogP contribution >= 0.6 is 0 Å². The van der Waals surface area contributed by atoms with Gasteiger partial charge in [-0.25, -0.2) is 9.78 Å². The molecule has 0 bridgehead atoms. The minimum Gasteiger partial charge on any atom is -0.357 e. The molecule has 0 aliphatic heterocycles. The van der Waals surface area contributed by atoms with Gasteiger partial charge >= 0.3 is 5.69 Å². The molecular weight excluding hydrogens is 330 g/mol. The Morgan fingerprint density at radius 1 is 1.31 bits per heavy atom. The average molecular weight is 353 g/mol. The number of hydrogen-bond acceptors (Lipinski definition) is 4. The number of pyridine rings is 1. The fourth-order valence-corrected chi connectivity index (χ4v) is 2.66. The van der Waals surface area contributed by atoms with Crippen LogP contribution in [-0.2, 0) is 13.6 Å². The molecule has 3 rings (SSSR count). The van der Waals surface area contributed by atoms with Gasteiger partial charge in [-0.3, -0.25) is 9.36 Å². The number of carbonyl (C=O) groups is 1. The summed E-state index contributed by atoms with van der Waals surface area (Å²) < 4.78 is 1.51. The Balaban J connectivity index is 1.68. The molecule has 2 heterocycles. The van der Waals surface area contributed by atoms with Crippen LogP contribution in [-0.4, -0.2) is 33.5 Å². The molecule has 2 N–H and O–H groups in total. The lowest BCUT2D eigenvalue weighted by Gasteiger charge is -2.22. The third-order valence-electron chi connectivity index (χ3n) is 4.56. The second kappa shape index (κ2) is 7.03. The predicted molar refractivity (Wildman–Crippen MR) is 102 cm³/mol. The van der Waals surface area contributed by atoms with E-state index in [9.17, 15) is 9.59 Å². The molecular formula is C19H23N5O2. The monoisotopic (exact) mass is 353 g/mol. The van der Waals surface area contributed by atoms with Crippen molar-refractivity contribution in [3.8, 4) is 0 Å². The van der Waals surface area contributed by atoms with E-state index < -0.39 is 0 Å². The number of aromatic amines is 1. The number of anilines is 1. The summed E-state index contributed by atoms with van der Waals surface area (Å²) in [6.45, 7) is 4.60. The topological polar surface area (TPSA) is 83.0 Å². The van der Waals surface area contributed by atoms with Gasteiger partial charge in [-0.1, -0.05) is 6.07 Å². The third kappa shape index (κ3) is 3.46. The summed E-state index contributed by atoms with van der Waals surface area (Å²) in [5.74, 6) is 0.702. The van der Waals surface area contributed by atoms with Gasteiger partial charge in [0.2, 0.25) is 0 Å². The maximum Gasteiger partial charge on any atom is 0.326 e. The quantitative estimate of drug-likeness (QED) is 0.735. The highest BCUT2D eigenvalue weighted by Gasteiger charge is 2.10. The van der Waals surface area contributed by atoms with Gasteiger partial charge in [-0.15, -0.1) is 0 Å². The molecule has 0 saturated carbocycles. The summed E-state index contributed by atoms with van der Waals surface area (Å²) in [7, 11) is 3.69. The molecule has 0 aliphatic rings. The second-order valence-corrected chi connectivity index (χ2v) is 6.63. The van der Waals surface area contributed by atoms with Gasteiger partial charge in [-0.05, 0) is 43.7 Å². The Morgan fingerprint density at radius 3 is 2.73 bits per heavy atom. The summed E-state index contributed by atoms with van der Waals surface area (Å²) >= 11 is 0. The standard InChI is InChI=1S/C19H23N5O2/c1-12(2)23(3)17-8-5-13(10-20-17)11-21-18(25)14-6-7-16-15(9-14)22-19(26)24(16)4/h5-10,12H,11H2,1-4H3,(H,21,25)(H,22,26). The summed E-state index contributed by atoms with van der Waals surface area (Å²) in [6, 6.07) is 9.43. The first kappa shape index (κ1) is 17.7. The molecule has 0 fully saturated rings. The van der Waals surface area contributed by atoms with E-state index in [1.165, 1.54) is 4.57 Å². The van der Waals surface area contributed by atoms with Crippen molar-refractivity contribution in [1.29, 1.82) is 0 Å². The minimum absolute atomic E-state index is 0.194. The number of amides is 1. The van der Waals surface area contributed by atoms with Crippen molar-refractivity contribution < 1.29 is 4.79 Å². The fraction of sp³-hybridized carbons (Fsp3) is 0.316. The molecule has 0 spiro atoms. The maximum atomic E-state index is 12.4. The number of nitrogens with one attached hydrogen (secondary N) is 2. The largest absolute Gasteiger partial charge is 0.357 e. The molecule has 0 unspecified atom stereocenters. The number of hydrogen-bond donors (Lipinski definition) is 2. The van der Waals surface area contributed by atoms with E-state index in [0.717, 1.165) is 16.9 Å². The molecule has 1 amide bonds. The zero-order valence-electron chi connectivity index (χ0n) is 15.4. The molecule has 136 valence electrons. The molecule has 3 aromatic rings. The molecule has 0 aliphatic carbocycles. The lowest BCUT2D eigenvalue weighted by Crippen LogP contribution is -2.26. The van der Waals surface area contributed by atoms with Crippen LogP contribution < -0.4 is 15.9 Å². The van der Waals surface area contributed by atoms with Crippen molar-refractivity contribution in [3.05, 3.63) is 58.1 Å². The number of fused-ring (bicyclic) bond motifs is 1. The number of benzene rings is 1. The number of carbonyl (C=O) groups excluding carboxylic acids is 1.